The highest BCUT2D eigenvalue weighted by atomic mass is 32.1. The minimum Gasteiger partial charge on any atom is -0.472 e. The van der Waals surface area contributed by atoms with Crippen LogP contribution in [0.25, 0.3) is 0 Å². The number of hydrogen-bond donors (Lipinski definition) is 1. The topological polar surface area (TPSA) is 28.4 Å². The Morgan fingerprint density at radius 3 is 2.90 bits per heavy atom. The van der Waals surface area contributed by atoms with Crippen LogP contribution in [0.1, 0.15) is 34.2 Å². The number of aryl methyl sites for hydroxylation is 1. The van der Waals surface area contributed by atoms with E-state index < -0.39 is 0 Å². The van der Waals surface area contributed by atoms with E-state index in [1.165, 1.54) is 27.3 Å². The van der Waals surface area contributed by atoms with Gasteiger partial charge in [-0.3, -0.25) is 4.90 Å². The third kappa shape index (κ3) is 4.47. The summed E-state index contributed by atoms with van der Waals surface area (Å²) in [6.45, 7) is 8.41. The van der Waals surface area contributed by atoms with Crippen molar-refractivity contribution in [1.29, 1.82) is 0 Å². The van der Waals surface area contributed by atoms with Gasteiger partial charge in [-0.1, -0.05) is 6.92 Å². The van der Waals surface area contributed by atoms with E-state index in [1.54, 1.807) is 6.26 Å². The highest BCUT2D eigenvalue weighted by molar-refractivity contribution is 7.12. The molecular formula is C16H24N2OS. The van der Waals surface area contributed by atoms with Crippen LogP contribution in [0, 0.1) is 6.92 Å². The zero-order valence-corrected chi connectivity index (χ0v) is 13.4. The zero-order chi connectivity index (χ0) is 14.4. The number of thiophene rings is 1. The Bertz CT molecular complexity index is 505. The van der Waals surface area contributed by atoms with Crippen LogP contribution >= 0.6 is 11.3 Å². The summed E-state index contributed by atoms with van der Waals surface area (Å²) < 4.78 is 5.12. The maximum atomic E-state index is 5.12. The Labute approximate surface area is 125 Å². The first-order valence-corrected chi connectivity index (χ1v) is 7.99. The third-order valence-corrected chi connectivity index (χ3v) is 4.36. The normalized spacial score (nSPS) is 11.4. The number of rotatable bonds is 8. The molecule has 2 rings (SSSR count). The van der Waals surface area contributed by atoms with Crippen molar-refractivity contribution in [2.24, 2.45) is 0 Å². The summed E-state index contributed by atoms with van der Waals surface area (Å²) in [5.74, 6) is 0. The van der Waals surface area contributed by atoms with Crippen molar-refractivity contribution in [1.82, 2.24) is 10.2 Å². The molecule has 0 aliphatic heterocycles. The van der Waals surface area contributed by atoms with Crippen molar-refractivity contribution in [3.05, 3.63) is 45.5 Å². The minimum atomic E-state index is 0.926. The van der Waals surface area contributed by atoms with Gasteiger partial charge in [-0.15, -0.1) is 11.3 Å². The molecule has 1 N–H and O–H groups in total. The van der Waals surface area contributed by atoms with Crippen LogP contribution in [0.3, 0.4) is 0 Å². The summed E-state index contributed by atoms with van der Waals surface area (Å²) in [7, 11) is 2.15. The average Bonchev–Trinajstić information content (AvgIpc) is 3.01. The molecule has 3 nitrogen and oxygen atoms in total. The first-order chi connectivity index (χ1) is 9.69. The highest BCUT2D eigenvalue weighted by Crippen LogP contribution is 2.23. The minimum absolute atomic E-state index is 0.926. The van der Waals surface area contributed by atoms with Crippen molar-refractivity contribution in [2.75, 3.05) is 13.6 Å². The Morgan fingerprint density at radius 2 is 2.20 bits per heavy atom. The molecule has 0 aliphatic carbocycles. The van der Waals surface area contributed by atoms with E-state index in [0.29, 0.717) is 0 Å². The summed E-state index contributed by atoms with van der Waals surface area (Å²) in [4.78, 5) is 5.18. The number of nitrogens with zero attached hydrogens (tertiary/aromatic N) is 1. The van der Waals surface area contributed by atoms with Crippen LogP contribution in [-0.2, 0) is 19.6 Å². The summed E-state index contributed by atoms with van der Waals surface area (Å²) in [5.41, 5.74) is 2.67. The molecule has 2 aromatic rings. The fourth-order valence-corrected chi connectivity index (χ4v) is 3.28. The number of nitrogens with one attached hydrogen (secondary N) is 1. The Morgan fingerprint density at radius 1 is 1.35 bits per heavy atom. The predicted molar refractivity (Wildman–Crippen MR) is 84.9 cm³/mol. The smallest absolute Gasteiger partial charge is 0.0947 e. The van der Waals surface area contributed by atoms with Crippen molar-refractivity contribution in [2.45, 2.75) is 39.9 Å². The van der Waals surface area contributed by atoms with Gasteiger partial charge in [0.05, 0.1) is 12.5 Å². The Hall–Kier alpha value is -1.10. The monoisotopic (exact) mass is 292 g/mol. The first-order valence-electron chi connectivity index (χ1n) is 7.17. The van der Waals surface area contributed by atoms with Gasteiger partial charge in [-0.05, 0) is 44.6 Å². The molecule has 0 atom stereocenters. The van der Waals surface area contributed by atoms with Gasteiger partial charge in [-0.2, -0.15) is 0 Å². The van der Waals surface area contributed by atoms with E-state index in [0.717, 1.165) is 26.2 Å². The van der Waals surface area contributed by atoms with Gasteiger partial charge < -0.3 is 9.73 Å². The van der Waals surface area contributed by atoms with E-state index in [1.807, 2.05) is 23.7 Å². The summed E-state index contributed by atoms with van der Waals surface area (Å²) in [6, 6.07) is 4.37. The molecule has 0 radical (unpaired) electrons. The maximum Gasteiger partial charge on any atom is 0.0947 e. The van der Waals surface area contributed by atoms with Gasteiger partial charge in [0.25, 0.3) is 0 Å². The molecule has 2 aromatic heterocycles. The first kappa shape index (κ1) is 15.3. The molecule has 0 aliphatic rings. The molecule has 0 fully saturated rings. The lowest BCUT2D eigenvalue weighted by Gasteiger charge is -2.15. The second kappa shape index (κ2) is 7.62. The number of hydrogen-bond acceptors (Lipinski definition) is 4. The molecule has 0 bridgehead atoms. The fourth-order valence-electron chi connectivity index (χ4n) is 2.26. The molecule has 0 saturated heterocycles. The van der Waals surface area contributed by atoms with Crippen LogP contribution in [-0.4, -0.2) is 18.5 Å². The lowest BCUT2D eigenvalue weighted by Crippen LogP contribution is -2.17. The van der Waals surface area contributed by atoms with Crippen molar-refractivity contribution >= 4 is 11.3 Å². The Balaban J connectivity index is 1.88. The summed E-state index contributed by atoms with van der Waals surface area (Å²) in [5, 5.41) is 3.47. The van der Waals surface area contributed by atoms with Crippen molar-refractivity contribution in [3.8, 4) is 0 Å². The SMILES string of the molecule is CCCNCc1cc(CN(C)Cc2ccoc2)c(C)s1. The van der Waals surface area contributed by atoms with Gasteiger partial charge in [0.1, 0.15) is 0 Å². The zero-order valence-electron chi connectivity index (χ0n) is 12.6. The van der Waals surface area contributed by atoms with Crippen molar-refractivity contribution < 1.29 is 4.42 Å². The second-order valence-electron chi connectivity index (χ2n) is 5.27. The van der Waals surface area contributed by atoms with Crippen LogP contribution in [0.15, 0.2) is 29.1 Å². The number of furan rings is 1. The molecule has 2 heterocycles. The van der Waals surface area contributed by atoms with E-state index in [4.69, 9.17) is 4.42 Å². The molecular weight excluding hydrogens is 268 g/mol. The lowest BCUT2D eigenvalue weighted by atomic mass is 10.2. The predicted octanol–water partition coefficient (Wildman–Crippen LogP) is 3.78. The maximum absolute atomic E-state index is 5.12. The van der Waals surface area contributed by atoms with E-state index in [-0.39, 0.29) is 0 Å². The Kier molecular flexibility index (Phi) is 5.83. The summed E-state index contributed by atoms with van der Waals surface area (Å²) in [6.07, 6.45) is 4.73. The average molecular weight is 292 g/mol. The van der Waals surface area contributed by atoms with Crippen LogP contribution in [0.2, 0.25) is 0 Å². The molecule has 110 valence electrons. The molecule has 0 spiro atoms. The molecule has 0 saturated carbocycles. The van der Waals surface area contributed by atoms with Crippen LogP contribution in [0.4, 0.5) is 0 Å². The van der Waals surface area contributed by atoms with Gasteiger partial charge in [0.15, 0.2) is 0 Å². The molecule has 0 unspecified atom stereocenters. The van der Waals surface area contributed by atoms with E-state index >= 15 is 0 Å². The van der Waals surface area contributed by atoms with Crippen molar-refractivity contribution in [3.63, 3.8) is 0 Å². The summed E-state index contributed by atoms with van der Waals surface area (Å²) >= 11 is 1.91. The quantitative estimate of drug-likeness (QED) is 0.751. The van der Waals surface area contributed by atoms with Gasteiger partial charge >= 0.3 is 0 Å². The van der Waals surface area contributed by atoms with E-state index in [2.05, 4.69) is 37.2 Å². The molecule has 4 heteroatoms. The lowest BCUT2D eigenvalue weighted by molar-refractivity contribution is 0.317. The third-order valence-electron chi connectivity index (χ3n) is 3.27. The largest absolute Gasteiger partial charge is 0.472 e. The van der Waals surface area contributed by atoms with Crippen LogP contribution in [0.5, 0.6) is 0 Å². The molecule has 0 aromatic carbocycles. The molecule has 20 heavy (non-hydrogen) atoms. The van der Waals surface area contributed by atoms with E-state index in [9.17, 15) is 0 Å². The second-order valence-corrected chi connectivity index (χ2v) is 6.62. The highest BCUT2D eigenvalue weighted by Gasteiger charge is 2.09. The van der Waals surface area contributed by atoms with Crippen LogP contribution < -0.4 is 5.32 Å². The van der Waals surface area contributed by atoms with Gasteiger partial charge in [-0.25, -0.2) is 0 Å². The standard InChI is InChI=1S/C16H24N2OS/c1-4-6-17-9-16-8-15(13(2)20-16)11-18(3)10-14-5-7-19-12-14/h5,7-8,12,17H,4,6,9-11H2,1-3H3. The molecule has 0 amide bonds. The van der Waals surface area contributed by atoms with Gasteiger partial charge in [0.2, 0.25) is 0 Å². The van der Waals surface area contributed by atoms with Gasteiger partial charge in [0, 0.05) is 35.0 Å². The fraction of sp³-hybridized carbons (Fsp3) is 0.500.